The predicted octanol–water partition coefficient (Wildman–Crippen LogP) is 6.23. The van der Waals surface area contributed by atoms with E-state index in [9.17, 15) is 13.2 Å². The summed E-state index contributed by atoms with van der Waals surface area (Å²) in [6.45, 7) is 12.3. The number of halogens is 5. The van der Waals surface area contributed by atoms with Crippen molar-refractivity contribution in [1.29, 1.82) is 0 Å². The van der Waals surface area contributed by atoms with Gasteiger partial charge in [-0.2, -0.15) is 23.1 Å². The van der Waals surface area contributed by atoms with Crippen molar-refractivity contribution < 1.29 is 27.0 Å². The smallest absolute Gasteiger partial charge is 0.418 e. The largest absolute Gasteiger partial charge is 0.491 e. The molecule has 7 rings (SSSR count). The highest BCUT2D eigenvalue weighted by Gasteiger charge is 2.47. The molecule has 3 atom stereocenters. The zero-order valence-electron chi connectivity index (χ0n) is 26.5. The lowest BCUT2D eigenvalue weighted by atomic mass is 9.94. The summed E-state index contributed by atoms with van der Waals surface area (Å²) in [5, 5.41) is 3.32. The van der Waals surface area contributed by atoms with Crippen molar-refractivity contribution in [3.8, 4) is 23.0 Å². The van der Waals surface area contributed by atoms with E-state index in [4.69, 9.17) is 31.8 Å². The van der Waals surface area contributed by atoms with E-state index in [0.29, 0.717) is 31.7 Å². The first-order valence-corrected chi connectivity index (χ1v) is 16.4. The molecule has 3 N–H and O–H groups in total. The van der Waals surface area contributed by atoms with Crippen LogP contribution >= 0.6 is 11.6 Å². The van der Waals surface area contributed by atoms with Crippen LogP contribution in [0.4, 0.5) is 29.2 Å². The van der Waals surface area contributed by atoms with E-state index in [-0.39, 0.29) is 69.9 Å². The Morgan fingerprint density at radius 1 is 1.31 bits per heavy atom. The molecule has 4 aliphatic heterocycles. The number of aryl methyl sites for hydroxylation is 1. The molecule has 0 saturated carbocycles. The Morgan fingerprint density at radius 3 is 2.90 bits per heavy atom. The Hall–Kier alpha value is -3.90. The number of aromatic nitrogens is 3. The van der Waals surface area contributed by atoms with Crippen molar-refractivity contribution >= 4 is 34.1 Å². The fourth-order valence-electron chi connectivity index (χ4n) is 7.79. The fourth-order valence-corrected chi connectivity index (χ4v) is 8.12. The molecule has 6 heterocycles. The van der Waals surface area contributed by atoms with E-state index in [0.717, 1.165) is 44.0 Å². The number of fused-ring (bicyclic) bond motifs is 3. The van der Waals surface area contributed by atoms with Crippen LogP contribution in [-0.4, -0.2) is 76.9 Å². The molecule has 2 aromatic heterocycles. The van der Waals surface area contributed by atoms with Crippen molar-refractivity contribution in [1.82, 2.24) is 25.2 Å². The number of alkyl halides is 3. The minimum absolute atomic E-state index is 0.00230. The highest BCUT2D eigenvalue weighted by Crippen LogP contribution is 2.50. The molecule has 4 aliphatic rings. The normalized spacial score (nSPS) is 24.0. The Balaban J connectivity index is 1.45. The number of nitrogens with one attached hydrogen (secondary N) is 1. The van der Waals surface area contributed by atoms with Crippen LogP contribution in [-0.2, 0) is 6.18 Å². The second-order valence-corrected chi connectivity index (χ2v) is 13.5. The van der Waals surface area contributed by atoms with Gasteiger partial charge >= 0.3 is 12.2 Å². The van der Waals surface area contributed by atoms with Gasteiger partial charge in [0.1, 0.15) is 23.8 Å². The van der Waals surface area contributed by atoms with Crippen LogP contribution in [0.15, 0.2) is 36.6 Å². The van der Waals surface area contributed by atoms with Crippen LogP contribution in [0.2, 0.25) is 5.02 Å². The van der Waals surface area contributed by atoms with Crippen molar-refractivity contribution in [2.24, 2.45) is 0 Å². The van der Waals surface area contributed by atoms with Crippen LogP contribution in [0.5, 0.6) is 11.8 Å². The topological polar surface area (TPSA) is 102 Å². The Morgan fingerprint density at radius 2 is 2.12 bits per heavy atom. The summed E-state index contributed by atoms with van der Waals surface area (Å²) in [7, 11) is 0. The Kier molecular flexibility index (Phi) is 8.30. The molecule has 0 amide bonds. The van der Waals surface area contributed by atoms with E-state index >= 15 is 4.39 Å². The molecule has 0 spiro atoms. The number of benzene rings is 1. The van der Waals surface area contributed by atoms with Gasteiger partial charge in [0, 0.05) is 38.1 Å². The third-order valence-corrected chi connectivity index (χ3v) is 10.3. The number of nitrogen functional groups attached to an aromatic ring is 1. The Bertz CT molecular complexity index is 1860. The highest BCUT2D eigenvalue weighted by atomic mass is 35.5. The van der Waals surface area contributed by atoms with Crippen LogP contribution in [0, 0.1) is 12.7 Å². The number of nitrogens with two attached hydrogens (primary N) is 1. The molecule has 9 nitrogen and oxygen atoms in total. The van der Waals surface area contributed by atoms with E-state index in [1.54, 1.807) is 0 Å². The third-order valence-electron chi connectivity index (χ3n) is 9.92. The van der Waals surface area contributed by atoms with Gasteiger partial charge in [-0.25, -0.2) is 9.37 Å². The van der Waals surface area contributed by atoms with Crippen LogP contribution in [0.25, 0.3) is 22.2 Å². The van der Waals surface area contributed by atoms with E-state index in [1.807, 2.05) is 6.08 Å². The van der Waals surface area contributed by atoms with Gasteiger partial charge in [0.15, 0.2) is 11.6 Å². The second kappa shape index (κ2) is 12.2. The zero-order chi connectivity index (χ0) is 34.0. The fraction of sp³-hybridized carbons (Fsp3) is 0.471. The van der Waals surface area contributed by atoms with Crippen LogP contribution in [0.1, 0.15) is 43.2 Å². The number of anilines is 2. The minimum atomic E-state index is -4.89. The van der Waals surface area contributed by atoms with Gasteiger partial charge < -0.3 is 25.4 Å². The van der Waals surface area contributed by atoms with Gasteiger partial charge in [0.05, 0.1) is 39.4 Å². The van der Waals surface area contributed by atoms with E-state index in [1.165, 1.54) is 6.92 Å². The lowest BCUT2D eigenvalue weighted by molar-refractivity contribution is -0.137. The first kappa shape index (κ1) is 32.6. The monoisotopic (exact) mass is 685 g/mol. The number of hydrogen-bond acceptors (Lipinski definition) is 9. The highest BCUT2D eigenvalue weighted by molar-refractivity contribution is 6.36. The van der Waals surface area contributed by atoms with Crippen LogP contribution in [0.3, 0.4) is 0 Å². The summed E-state index contributed by atoms with van der Waals surface area (Å²) in [6.07, 6.45) is 0.802. The maximum absolute atomic E-state index is 17.1. The van der Waals surface area contributed by atoms with Crippen LogP contribution < -0.4 is 25.4 Å². The van der Waals surface area contributed by atoms with Crippen molar-refractivity contribution in [2.45, 2.75) is 62.8 Å². The summed E-state index contributed by atoms with van der Waals surface area (Å²) in [5.74, 6) is -1.01. The lowest BCUT2D eigenvalue weighted by Crippen LogP contribution is -2.57. The van der Waals surface area contributed by atoms with Gasteiger partial charge in [0.2, 0.25) is 0 Å². The number of ether oxygens (including phenoxy) is 2. The first-order valence-electron chi connectivity index (χ1n) is 16.0. The lowest BCUT2D eigenvalue weighted by Gasteiger charge is -2.42. The molecule has 0 bridgehead atoms. The molecule has 3 aromatic rings. The van der Waals surface area contributed by atoms with Gasteiger partial charge in [-0.1, -0.05) is 30.3 Å². The molecule has 0 unspecified atom stereocenters. The maximum atomic E-state index is 17.1. The molecule has 48 heavy (non-hydrogen) atoms. The molecule has 3 fully saturated rings. The summed E-state index contributed by atoms with van der Waals surface area (Å²) in [4.78, 5) is 17.8. The van der Waals surface area contributed by atoms with Gasteiger partial charge in [-0.05, 0) is 56.9 Å². The van der Waals surface area contributed by atoms with Gasteiger partial charge in [-0.3, -0.25) is 4.90 Å². The molecular weight excluding hydrogens is 650 g/mol. The standard InChI is InChI=1S/C34H36ClF4N7O2/c1-4-5-7-20-16-46-21(14-41-20)8-11-47-30-24-29(27(36)23(26(30)35)28-25(34(37,38)39)19(3)12-22(40)42-28)43-32(44-31(24)46)48-17-33-9-6-10-45(33)15-18(2)13-33/h5,12,20-21,41H,1-2,6-11,13-17H2,3H3,(H2,40,42)/t20-,21-,33+/m1/s1. The number of nitrogens with zero attached hydrogens (tertiary/aromatic N) is 5. The quantitative estimate of drug-likeness (QED) is 0.178. The molecule has 3 saturated heterocycles. The summed E-state index contributed by atoms with van der Waals surface area (Å²) in [5.41, 5.74) is 6.56. The number of piperazine rings is 1. The maximum Gasteiger partial charge on any atom is 0.418 e. The predicted molar refractivity (Wildman–Crippen MR) is 176 cm³/mol. The average Bonchev–Trinajstić information content (AvgIpc) is 3.54. The van der Waals surface area contributed by atoms with Gasteiger partial charge in [0.25, 0.3) is 0 Å². The summed E-state index contributed by atoms with van der Waals surface area (Å²) < 4.78 is 73.0. The summed E-state index contributed by atoms with van der Waals surface area (Å²) in [6, 6.07) is 0.902. The molecule has 0 aliphatic carbocycles. The zero-order valence-corrected chi connectivity index (χ0v) is 27.3. The molecule has 1 aromatic carbocycles. The first-order chi connectivity index (χ1) is 22.9. The third kappa shape index (κ3) is 5.56. The van der Waals surface area contributed by atoms with E-state index < -0.39 is 28.8 Å². The number of rotatable bonds is 6. The average molecular weight is 686 g/mol. The minimum Gasteiger partial charge on any atom is -0.491 e. The van der Waals surface area contributed by atoms with Crippen molar-refractivity contribution in [2.75, 3.05) is 50.0 Å². The number of hydrogen-bond donors (Lipinski definition) is 2. The molecular formula is C34H36ClF4N7O2. The molecule has 14 heteroatoms. The Labute approximate surface area is 280 Å². The molecule has 0 radical (unpaired) electrons. The molecule has 254 valence electrons. The second-order valence-electron chi connectivity index (χ2n) is 13.1. The van der Waals surface area contributed by atoms with E-state index in [2.05, 4.69) is 44.0 Å². The number of pyridine rings is 1. The summed E-state index contributed by atoms with van der Waals surface area (Å²) >= 11 is 6.85. The van der Waals surface area contributed by atoms with Crippen molar-refractivity contribution in [3.05, 3.63) is 58.6 Å². The SMILES string of the molecule is C=C=CC[C@@H]1CN2c3nc(OC[C@@]45CCCN4CC(=C)C5)nc4c(F)c(-c5nc(N)cc(C)c5C(F)(F)F)c(Cl)c(c34)OCC[C@@H]2CN1. The van der Waals surface area contributed by atoms with Crippen molar-refractivity contribution in [3.63, 3.8) is 0 Å². The van der Waals surface area contributed by atoms with Gasteiger partial charge in [-0.15, -0.1) is 5.73 Å².